The van der Waals surface area contributed by atoms with E-state index in [9.17, 15) is 4.79 Å². The first-order valence-electron chi connectivity index (χ1n) is 5.11. The van der Waals surface area contributed by atoms with E-state index in [1.54, 1.807) is 18.9 Å². The molecule has 0 bridgehead atoms. The second-order valence-corrected chi connectivity index (χ2v) is 3.93. The van der Waals surface area contributed by atoms with Crippen LogP contribution in [-0.2, 0) is 4.79 Å². The van der Waals surface area contributed by atoms with Gasteiger partial charge in [-0.1, -0.05) is 6.07 Å². The lowest BCUT2D eigenvalue weighted by Crippen LogP contribution is -2.22. The van der Waals surface area contributed by atoms with Gasteiger partial charge in [-0.25, -0.2) is 0 Å². The lowest BCUT2D eigenvalue weighted by molar-refractivity contribution is -0.116. The number of rotatable bonds is 3. The zero-order valence-corrected chi connectivity index (χ0v) is 9.74. The third-order valence-electron chi connectivity index (χ3n) is 2.16. The summed E-state index contributed by atoms with van der Waals surface area (Å²) in [5.41, 5.74) is 1.95. The maximum Gasteiger partial charge on any atom is 0.223 e. The molecule has 1 rings (SSSR count). The minimum Gasteiger partial charge on any atom is -0.383 e. The molecular formula is C12H18N2O. The molecule has 0 atom stereocenters. The Balaban J connectivity index is 2.87. The van der Waals surface area contributed by atoms with Crippen molar-refractivity contribution in [3.8, 4) is 0 Å². The van der Waals surface area contributed by atoms with Crippen LogP contribution >= 0.6 is 0 Å². The normalized spacial score (nSPS) is 10.2. The van der Waals surface area contributed by atoms with Gasteiger partial charge in [-0.2, -0.15) is 0 Å². The minimum absolute atomic E-state index is 0.0386. The maximum atomic E-state index is 11.2. The summed E-state index contributed by atoms with van der Waals surface area (Å²) in [5.74, 6) is 0.0386. The molecule has 0 fully saturated rings. The van der Waals surface area contributed by atoms with Crippen molar-refractivity contribution in [2.75, 3.05) is 17.3 Å². The van der Waals surface area contributed by atoms with E-state index >= 15 is 0 Å². The van der Waals surface area contributed by atoms with Crippen molar-refractivity contribution in [3.05, 3.63) is 24.3 Å². The largest absolute Gasteiger partial charge is 0.383 e. The van der Waals surface area contributed by atoms with E-state index < -0.39 is 0 Å². The fraction of sp³-hybridized carbons (Fsp3) is 0.417. The average Bonchev–Trinajstić information content (AvgIpc) is 2.16. The van der Waals surface area contributed by atoms with Crippen molar-refractivity contribution in [2.24, 2.45) is 0 Å². The van der Waals surface area contributed by atoms with Gasteiger partial charge in [0.15, 0.2) is 0 Å². The van der Waals surface area contributed by atoms with Gasteiger partial charge in [0.1, 0.15) is 0 Å². The first-order valence-corrected chi connectivity index (χ1v) is 5.11. The Morgan fingerprint density at radius 1 is 1.40 bits per heavy atom. The molecule has 0 aliphatic carbocycles. The van der Waals surface area contributed by atoms with Crippen molar-refractivity contribution in [1.82, 2.24) is 0 Å². The van der Waals surface area contributed by atoms with Crippen LogP contribution in [0.3, 0.4) is 0 Å². The van der Waals surface area contributed by atoms with Gasteiger partial charge in [0.25, 0.3) is 0 Å². The van der Waals surface area contributed by atoms with Crippen LogP contribution in [0.15, 0.2) is 24.3 Å². The van der Waals surface area contributed by atoms with Crippen LogP contribution in [0.1, 0.15) is 20.8 Å². The summed E-state index contributed by atoms with van der Waals surface area (Å²) in [4.78, 5) is 12.8. The van der Waals surface area contributed by atoms with E-state index in [2.05, 4.69) is 19.2 Å². The summed E-state index contributed by atoms with van der Waals surface area (Å²) < 4.78 is 0. The summed E-state index contributed by atoms with van der Waals surface area (Å²) in [6.45, 7) is 5.73. The van der Waals surface area contributed by atoms with Gasteiger partial charge in [-0.05, 0) is 32.0 Å². The lowest BCUT2D eigenvalue weighted by atomic mass is 10.2. The molecule has 1 aromatic carbocycles. The molecule has 0 heterocycles. The van der Waals surface area contributed by atoms with Gasteiger partial charge >= 0.3 is 0 Å². The van der Waals surface area contributed by atoms with E-state index in [1.807, 2.05) is 24.3 Å². The predicted molar refractivity (Wildman–Crippen MR) is 64.3 cm³/mol. The number of hydrogen-bond acceptors (Lipinski definition) is 2. The standard InChI is InChI=1S/C12H18N2O/c1-9(2)13-11-6-5-7-12(8-11)14(4)10(3)15/h5-9,13H,1-4H3. The van der Waals surface area contributed by atoms with Gasteiger partial charge < -0.3 is 10.2 Å². The summed E-state index contributed by atoms with van der Waals surface area (Å²) >= 11 is 0. The average molecular weight is 206 g/mol. The zero-order chi connectivity index (χ0) is 11.4. The van der Waals surface area contributed by atoms with Gasteiger partial charge in [0.05, 0.1) is 0 Å². The summed E-state index contributed by atoms with van der Waals surface area (Å²) in [7, 11) is 1.77. The number of nitrogens with zero attached hydrogens (tertiary/aromatic N) is 1. The molecule has 3 heteroatoms. The highest BCUT2D eigenvalue weighted by Crippen LogP contribution is 2.18. The third kappa shape index (κ3) is 3.27. The summed E-state index contributed by atoms with van der Waals surface area (Å²) in [5, 5.41) is 3.30. The van der Waals surface area contributed by atoms with E-state index in [-0.39, 0.29) is 5.91 Å². The quantitative estimate of drug-likeness (QED) is 0.824. The molecule has 0 saturated carbocycles. The van der Waals surface area contributed by atoms with E-state index in [4.69, 9.17) is 0 Å². The van der Waals surface area contributed by atoms with Crippen molar-refractivity contribution in [1.29, 1.82) is 0 Å². The van der Waals surface area contributed by atoms with Crippen LogP contribution in [0.5, 0.6) is 0 Å². The number of carbonyl (C=O) groups is 1. The second kappa shape index (κ2) is 4.82. The molecule has 0 spiro atoms. The molecule has 0 aliphatic rings. The SMILES string of the molecule is CC(=O)N(C)c1cccc(NC(C)C)c1. The molecule has 1 N–H and O–H groups in total. The van der Waals surface area contributed by atoms with E-state index in [0.717, 1.165) is 11.4 Å². The molecular weight excluding hydrogens is 188 g/mol. The van der Waals surface area contributed by atoms with Gasteiger partial charge in [0, 0.05) is 31.4 Å². The molecule has 0 aromatic heterocycles. The van der Waals surface area contributed by atoms with Crippen molar-refractivity contribution < 1.29 is 4.79 Å². The number of amides is 1. The summed E-state index contributed by atoms with van der Waals surface area (Å²) in [6, 6.07) is 8.23. The Morgan fingerprint density at radius 2 is 2.07 bits per heavy atom. The zero-order valence-electron chi connectivity index (χ0n) is 9.74. The highest BCUT2D eigenvalue weighted by Gasteiger charge is 2.05. The van der Waals surface area contributed by atoms with Crippen LogP contribution in [0.4, 0.5) is 11.4 Å². The molecule has 82 valence electrons. The third-order valence-corrected chi connectivity index (χ3v) is 2.16. The van der Waals surface area contributed by atoms with Gasteiger partial charge in [0.2, 0.25) is 5.91 Å². The lowest BCUT2D eigenvalue weighted by Gasteiger charge is -2.17. The highest BCUT2D eigenvalue weighted by molar-refractivity contribution is 5.91. The number of hydrogen-bond donors (Lipinski definition) is 1. The van der Waals surface area contributed by atoms with Crippen LogP contribution < -0.4 is 10.2 Å². The van der Waals surface area contributed by atoms with Gasteiger partial charge in [-0.15, -0.1) is 0 Å². The molecule has 0 aliphatic heterocycles. The Labute approximate surface area is 91.1 Å². The Hall–Kier alpha value is -1.51. The van der Waals surface area contributed by atoms with Crippen LogP contribution in [0, 0.1) is 0 Å². The molecule has 1 aromatic rings. The number of nitrogens with one attached hydrogen (secondary N) is 1. The monoisotopic (exact) mass is 206 g/mol. The Kier molecular flexibility index (Phi) is 3.72. The minimum atomic E-state index is 0.0386. The van der Waals surface area contributed by atoms with Crippen LogP contribution in [0.25, 0.3) is 0 Å². The number of benzene rings is 1. The first kappa shape index (κ1) is 11.6. The molecule has 15 heavy (non-hydrogen) atoms. The van der Waals surface area contributed by atoms with E-state index in [0.29, 0.717) is 6.04 Å². The number of carbonyl (C=O) groups excluding carboxylic acids is 1. The molecule has 3 nitrogen and oxygen atoms in total. The fourth-order valence-electron chi connectivity index (χ4n) is 1.32. The van der Waals surface area contributed by atoms with Crippen LogP contribution in [0.2, 0.25) is 0 Å². The van der Waals surface area contributed by atoms with E-state index in [1.165, 1.54) is 0 Å². The topological polar surface area (TPSA) is 32.3 Å². The van der Waals surface area contributed by atoms with Crippen LogP contribution in [-0.4, -0.2) is 19.0 Å². The summed E-state index contributed by atoms with van der Waals surface area (Å²) in [6.07, 6.45) is 0. The maximum absolute atomic E-state index is 11.2. The molecule has 0 saturated heterocycles. The molecule has 1 amide bonds. The van der Waals surface area contributed by atoms with Gasteiger partial charge in [-0.3, -0.25) is 4.79 Å². The Bertz CT molecular complexity index is 347. The molecule has 0 radical (unpaired) electrons. The Morgan fingerprint density at radius 3 is 2.60 bits per heavy atom. The van der Waals surface area contributed by atoms with Crippen molar-refractivity contribution >= 4 is 17.3 Å². The highest BCUT2D eigenvalue weighted by atomic mass is 16.2. The fourth-order valence-corrected chi connectivity index (χ4v) is 1.32. The van der Waals surface area contributed by atoms with Crippen molar-refractivity contribution in [2.45, 2.75) is 26.8 Å². The second-order valence-electron chi connectivity index (χ2n) is 3.93. The molecule has 0 unspecified atom stereocenters. The van der Waals surface area contributed by atoms with Crippen molar-refractivity contribution in [3.63, 3.8) is 0 Å². The first-order chi connectivity index (χ1) is 7.00. The number of anilines is 2. The predicted octanol–water partition coefficient (Wildman–Crippen LogP) is 2.49. The smallest absolute Gasteiger partial charge is 0.223 e.